The Labute approximate surface area is 61.9 Å². The van der Waals surface area contributed by atoms with Crippen molar-refractivity contribution in [2.75, 3.05) is 11.9 Å². The molecule has 0 saturated carbocycles. The fourth-order valence-corrected chi connectivity index (χ4v) is 0.471. The molecule has 0 aliphatic carbocycles. The number of halogens is 1. The summed E-state index contributed by atoms with van der Waals surface area (Å²) in [5, 5.41) is 20.4. The molecule has 0 aromatic rings. The highest BCUT2D eigenvalue weighted by Crippen LogP contribution is 1.72. The van der Waals surface area contributed by atoms with E-state index in [0.29, 0.717) is 6.54 Å². The van der Waals surface area contributed by atoms with Crippen LogP contribution in [0.2, 0.25) is 0 Å². The molecule has 4 nitrogen and oxygen atoms in total. The van der Waals surface area contributed by atoms with Gasteiger partial charge in [0, 0.05) is 11.9 Å². The SMILES string of the molecule is N#CNC(=N)NCCBr. The van der Waals surface area contributed by atoms with Gasteiger partial charge in [0.1, 0.15) is 0 Å². The predicted octanol–water partition coefficient (Wildman–Crippen LogP) is -0.0236. The molecule has 0 saturated heterocycles. The van der Waals surface area contributed by atoms with Crippen LogP contribution in [0.15, 0.2) is 0 Å². The number of alkyl halides is 1. The van der Waals surface area contributed by atoms with Crippen molar-refractivity contribution >= 4 is 21.9 Å². The first-order chi connectivity index (χ1) is 4.31. The molecule has 50 valence electrons. The Bertz CT molecular complexity index is 127. The van der Waals surface area contributed by atoms with Crippen molar-refractivity contribution in [1.82, 2.24) is 10.6 Å². The van der Waals surface area contributed by atoms with Crippen LogP contribution in [0.3, 0.4) is 0 Å². The molecule has 0 rings (SSSR count). The van der Waals surface area contributed by atoms with E-state index in [-0.39, 0.29) is 5.96 Å². The van der Waals surface area contributed by atoms with Gasteiger partial charge < -0.3 is 5.32 Å². The summed E-state index contributed by atoms with van der Waals surface area (Å²) in [6.07, 6.45) is 1.62. The van der Waals surface area contributed by atoms with Crippen LogP contribution in [-0.4, -0.2) is 17.8 Å². The van der Waals surface area contributed by atoms with E-state index in [9.17, 15) is 0 Å². The second-order valence-corrected chi connectivity index (χ2v) is 2.02. The van der Waals surface area contributed by atoms with Gasteiger partial charge in [0.05, 0.1) is 0 Å². The largest absolute Gasteiger partial charge is 0.355 e. The van der Waals surface area contributed by atoms with Crippen molar-refractivity contribution in [3.63, 3.8) is 0 Å². The van der Waals surface area contributed by atoms with Gasteiger partial charge in [0.2, 0.25) is 5.96 Å². The first-order valence-corrected chi connectivity index (χ1v) is 3.47. The maximum atomic E-state index is 7.98. The van der Waals surface area contributed by atoms with E-state index < -0.39 is 0 Å². The molecule has 0 heterocycles. The molecule has 0 radical (unpaired) electrons. The summed E-state index contributed by atoms with van der Waals surface area (Å²) in [6.45, 7) is 0.646. The van der Waals surface area contributed by atoms with Crippen molar-refractivity contribution in [2.45, 2.75) is 0 Å². The lowest BCUT2D eigenvalue weighted by atomic mass is 10.7. The van der Waals surface area contributed by atoms with E-state index in [2.05, 4.69) is 26.6 Å². The van der Waals surface area contributed by atoms with E-state index in [4.69, 9.17) is 10.7 Å². The van der Waals surface area contributed by atoms with Gasteiger partial charge in [0.25, 0.3) is 0 Å². The Morgan fingerprint density at radius 2 is 2.44 bits per heavy atom. The third-order valence-electron chi connectivity index (χ3n) is 0.577. The zero-order chi connectivity index (χ0) is 7.11. The van der Waals surface area contributed by atoms with Gasteiger partial charge in [-0.15, -0.1) is 0 Å². The van der Waals surface area contributed by atoms with E-state index in [1.165, 1.54) is 0 Å². The summed E-state index contributed by atoms with van der Waals surface area (Å²) < 4.78 is 0. The molecule has 3 N–H and O–H groups in total. The standard InChI is InChI=1S/C4H7BrN4/c5-1-2-8-4(7)9-3-6/h1-2H2,(H3,7,8,9). The molecule has 0 amide bonds. The van der Waals surface area contributed by atoms with Gasteiger partial charge in [-0.3, -0.25) is 10.7 Å². The Hall–Kier alpha value is -0.760. The minimum Gasteiger partial charge on any atom is -0.355 e. The second-order valence-electron chi connectivity index (χ2n) is 1.23. The molecule has 0 aromatic carbocycles. The van der Waals surface area contributed by atoms with Crippen LogP contribution in [0.5, 0.6) is 0 Å². The van der Waals surface area contributed by atoms with Crippen LogP contribution < -0.4 is 10.6 Å². The molecular formula is C4H7BrN4. The van der Waals surface area contributed by atoms with E-state index in [1.54, 1.807) is 6.19 Å². The summed E-state index contributed by atoms with van der Waals surface area (Å²) in [4.78, 5) is 0. The number of guanidine groups is 1. The van der Waals surface area contributed by atoms with Crippen LogP contribution in [0.25, 0.3) is 0 Å². The Kier molecular flexibility index (Phi) is 4.92. The lowest BCUT2D eigenvalue weighted by Crippen LogP contribution is -2.34. The van der Waals surface area contributed by atoms with Crippen molar-refractivity contribution in [3.05, 3.63) is 0 Å². The number of hydrogen-bond donors (Lipinski definition) is 3. The molecule has 0 unspecified atom stereocenters. The monoisotopic (exact) mass is 190 g/mol. The van der Waals surface area contributed by atoms with E-state index in [1.807, 2.05) is 0 Å². The van der Waals surface area contributed by atoms with Crippen molar-refractivity contribution < 1.29 is 0 Å². The lowest BCUT2D eigenvalue weighted by molar-refractivity contribution is 0.930. The van der Waals surface area contributed by atoms with Crippen LogP contribution in [0, 0.1) is 16.9 Å². The number of hydrogen-bond acceptors (Lipinski definition) is 2. The molecule has 5 heteroatoms. The number of nitriles is 1. The molecule has 0 bridgehead atoms. The summed E-state index contributed by atoms with van der Waals surface area (Å²) in [7, 11) is 0. The van der Waals surface area contributed by atoms with E-state index >= 15 is 0 Å². The zero-order valence-electron chi connectivity index (χ0n) is 4.74. The zero-order valence-corrected chi connectivity index (χ0v) is 6.33. The van der Waals surface area contributed by atoms with Gasteiger partial charge in [-0.1, -0.05) is 15.9 Å². The summed E-state index contributed by atoms with van der Waals surface area (Å²) in [5.41, 5.74) is 0. The maximum absolute atomic E-state index is 7.98. The highest BCUT2D eigenvalue weighted by atomic mass is 79.9. The van der Waals surface area contributed by atoms with Gasteiger partial charge >= 0.3 is 0 Å². The topological polar surface area (TPSA) is 71.7 Å². The summed E-state index contributed by atoms with van der Waals surface area (Å²) >= 11 is 3.16. The Morgan fingerprint density at radius 3 is 2.89 bits per heavy atom. The predicted molar refractivity (Wildman–Crippen MR) is 38.3 cm³/mol. The minimum atomic E-state index is 0.0388. The highest BCUT2D eigenvalue weighted by molar-refractivity contribution is 9.09. The van der Waals surface area contributed by atoms with Gasteiger partial charge in [-0.25, -0.2) is 0 Å². The van der Waals surface area contributed by atoms with Crippen LogP contribution >= 0.6 is 15.9 Å². The first-order valence-electron chi connectivity index (χ1n) is 2.34. The van der Waals surface area contributed by atoms with Crippen molar-refractivity contribution in [3.8, 4) is 6.19 Å². The highest BCUT2D eigenvalue weighted by Gasteiger charge is 1.88. The number of nitrogens with zero attached hydrogens (tertiary/aromatic N) is 1. The molecule has 0 aliphatic rings. The molecule has 0 aromatic heterocycles. The number of nitrogens with one attached hydrogen (secondary N) is 3. The Balaban J connectivity index is 3.19. The molecule has 0 spiro atoms. The molecular weight excluding hydrogens is 184 g/mol. The van der Waals surface area contributed by atoms with Crippen molar-refractivity contribution in [1.29, 1.82) is 10.7 Å². The average Bonchev–Trinajstić information content (AvgIpc) is 1.85. The van der Waals surface area contributed by atoms with Crippen LogP contribution in [-0.2, 0) is 0 Å². The van der Waals surface area contributed by atoms with Crippen LogP contribution in [0.4, 0.5) is 0 Å². The average molecular weight is 191 g/mol. The lowest BCUT2D eigenvalue weighted by Gasteiger charge is -2.00. The maximum Gasteiger partial charge on any atom is 0.201 e. The van der Waals surface area contributed by atoms with Crippen molar-refractivity contribution in [2.24, 2.45) is 0 Å². The van der Waals surface area contributed by atoms with E-state index in [0.717, 1.165) is 5.33 Å². The second kappa shape index (κ2) is 5.38. The third kappa shape index (κ3) is 5.11. The molecule has 0 fully saturated rings. The minimum absolute atomic E-state index is 0.0388. The smallest absolute Gasteiger partial charge is 0.201 e. The fourth-order valence-electron chi connectivity index (χ4n) is 0.272. The van der Waals surface area contributed by atoms with Gasteiger partial charge in [-0.05, 0) is 0 Å². The fraction of sp³-hybridized carbons (Fsp3) is 0.500. The van der Waals surface area contributed by atoms with Crippen LogP contribution in [0.1, 0.15) is 0 Å². The van der Waals surface area contributed by atoms with Gasteiger partial charge in [-0.2, -0.15) is 5.26 Å². The summed E-state index contributed by atoms with van der Waals surface area (Å²) in [5.74, 6) is 0.0388. The van der Waals surface area contributed by atoms with Gasteiger partial charge in [0.15, 0.2) is 6.19 Å². The quantitative estimate of drug-likeness (QED) is 0.189. The summed E-state index contributed by atoms with van der Waals surface area (Å²) in [6, 6.07) is 0. The molecule has 9 heavy (non-hydrogen) atoms. The first kappa shape index (κ1) is 8.24. The number of rotatable bonds is 2. The molecule has 0 atom stereocenters. The third-order valence-corrected chi connectivity index (χ3v) is 0.974. The Morgan fingerprint density at radius 1 is 1.78 bits per heavy atom. The normalized spacial score (nSPS) is 7.56. The molecule has 0 aliphatic heterocycles.